The first-order chi connectivity index (χ1) is 9.61. The quantitative estimate of drug-likeness (QED) is 0.612. The third-order valence-electron chi connectivity index (χ3n) is 2.75. The van der Waals surface area contributed by atoms with Crippen molar-refractivity contribution in [2.45, 2.75) is 33.3 Å². The van der Waals surface area contributed by atoms with E-state index in [1.807, 2.05) is 0 Å². The van der Waals surface area contributed by atoms with Gasteiger partial charge >= 0.3 is 5.97 Å². The number of aryl methyl sites for hydroxylation is 1. The molecule has 0 saturated carbocycles. The summed E-state index contributed by atoms with van der Waals surface area (Å²) in [5, 5.41) is 0.843. The van der Waals surface area contributed by atoms with Crippen molar-refractivity contribution in [3.05, 3.63) is 37.4 Å². The number of hydrogen-bond donors (Lipinski definition) is 1. The normalized spacial score (nSPS) is 11.7. The predicted molar refractivity (Wildman–Crippen MR) is 85.0 cm³/mol. The minimum Gasteiger partial charge on any atom is -0.456 e. The first-order valence-electron chi connectivity index (χ1n) is 6.21. The van der Waals surface area contributed by atoms with Crippen molar-refractivity contribution in [3.8, 4) is 0 Å². The molecule has 0 bridgehead atoms. The zero-order chi connectivity index (χ0) is 15.9. The van der Waals surface area contributed by atoms with E-state index in [4.69, 9.17) is 16.3 Å². The molecule has 2 aromatic heterocycles. The molecular weight excluding hydrogens is 360 g/mol. The topological polar surface area (TPSA) is 72.0 Å². The lowest BCUT2D eigenvalue weighted by atomic mass is 10.1. The van der Waals surface area contributed by atoms with Gasteiger partial charge in [-0.1, -0.05) is 11.6 Å². The molecule has 2 aromatic rings. The van der Waals surface area contributed by atoms with E-state index in [1.165, 1.54) is 6.20 Å². The molecule has 2 heterocycles. The smallest absolute Gasteiger partial charge is 0.341 e. The first-order valence-corrected chi connectivity index (χ1v) is 7.39. The number of carbonyl (C=O) groups is 1. The summed E-state index contributed by atoms with van der Waals surface area (Å²) < 4.78 is 5.74. The number of aromatic amines is 1. The van der Waals surface area contributed by atoms with Crippen LogP contribution in [0, 0.1) is 6.92 Å². The fourth-order valence-electron chi connectivity index (χ4n) is 1.96. The summed E-state index contributed by atoms with van der Waals surface area (Å²) >= 11 is 9.15. The Labute approximate surface area is 134 Å². The van der Waals surface area contributed by atoms with Crippen LogP contribution in [0.2, 0.25) is 5.15 Å². The van der Waals surface area contributed by atoms with Crippen molar-refractivity contribution in [2.75, 3.05) is 0 Å². The number of pyridine rings is 2. The second-order valence-electron chi connectivity index (χ2n) is 5.61. The van der Waals surface area contributed by atoms with E-state index in [9.17, 15) is 9.59 Å². The Balaban J connectivity index is 2.78. The van der Waals surface area contributed by atoms with E-state index in [0.29, 0.717) is 15.6 Å². The third-order valence-corrected chi connectivity index (χ3v) is 4.04. The molecule has 0 atom stereocenters. The van der Waals surface area contributed by atoms with Crippen LogP contribution in [0.3, 0.4) is 0 Å². The van der Waals surface area contributed by atoms with E-state index < -0.39 is 11.6 Å². The SMILES string of the molecule is Cc1[nH]c(=O)c2c(Br)c(Cl)ncc2c1C(=O)OC(C)(C)C. The van der Waals surface area contributed by atoms with Crippen LogP contribution >= 0.6 is 27.5 Å². The molecule has 0 amide bonds. The van der Waals surface area contributed by atoms with Crippen LogP contribution in [0.25, 0.3) is 10.8 Å². The van der Waals surface area contributed by atoms with E-state index in [-0.39, 0.29) is 21.7 Å². The van der Waals surface area contributed by atoms with Gasteiger partial charge in [0.15, 0.2) is 0 Å². The van der Waals surface area contributed by atoms with Gasteiger partial charge in [0.25, 0.3) is 5.56 Å². The third kappa shape index (κ3) is 3.11. The maximum Gasteiger partial charge on any atom is 0.341 e. The highest BCUT2D eigenvalue weighted by Gasteiger charge is 2.24. The average Bonchev–Trinajstić information content (AvgIpc) is 2.30. The van der Waals surface area contributed by atoms with Gasteiger partial charge < -0.3 is 9.72 Å². The molecule has 7 heteroatoms. The van der Waals surface area contributed by atoms with Gasteiger partial charge in [-0.25, -0.2) is 9.78 Å². The van der Waals surface area contributed by atoms with Gasteiger partial charge in [-0.3, -0.25) is 4.79 Å². The zero-order valence-corrected chi connectivity index (χ0v) is 14.3. The number of aromatic nitrogens is 2. The van der Waals surface area contributed by atoms with E-state index in [2.05, 4.69) is 25.9 Å². The highest BCUT2D eigenvalue weighted by molar-refractivity contribution is 9.10. The Kier molecular flexibility index (Phi) is 4.13. The van der Waals surface area contributed by atoms with Gasteiger partial charge in [0.1, 0.15) is 10.8 Å². The lowest BCUT2D eigenvalue weighted by Gasteiger charge is -2.20. The number of fused-ring (bicyclic) bond motifs is 1. The molecule has 5 nitrogen and oxygen atoms in total. The van der Waals surface area contributed by atoms with Crippen LogP contribution in [0.15, 0.2) is 15.5 Å². The van der Waals surface area contributed by atoms with Crippen molar-refractivity contribution in [2.24, 2.45) is 0 Å². The zero-order valence-electron chi connectivity index (χ0n) is 12.0. The minimum atomic E-state index is -0.636. The van der Waals surface area contributed by atoms with E-state index >= 15 is 0 Å². The maximum atomic E-state index is 12.4. The molecule has 21 heavy (non-hydrogen) atoms. The molecule has 0 aliphatic rings. The van der Waals surface area contributed by atoms with Crippen LogP contribution < -0.4 is 5.56 Å². The van der Waals surface area contributed by atoms with E-state index in [1.54, 1.807) is 27.7 Å². The highest BCUT2D eigenvalue weighted by atomic mass is 79.9. The lowest BCUT2D eigenvalue weighted by Crippen LogP contribution is -2.26. The molecule has 112 valence electrons. The van der Waals surface area contributed by atoms with Crippen LogP contribution in [0.4, 0.5) is 0 Å². The second-order valence-corrected chi connectivity index (χ2v) is 6.76. The van der Waals surface area contributed by atoms with Crippen LogP contribution in [-0.2, 0) is 4.74 Å². The van der Waals surface area contributed by atoms with Gasteiger partial charge in [-0.05, 0) is 43.6 Å². The molecular formula is C14H14BrClN2O3. The summed E-state index contributed by atoms with van der Waals surface area (Å²) in [6.45, 7) is 6.97. The predicted octanol–water partition coefficient (Wildman–Crippen LogP) is 3.60. The summed E-state index contributed by atoms with van der Waals surface area (Å²) in [4.78, 5) is 31.1. The lowest BCUT2D eigenvalue weighted by molar-refractivity contribution is 0.00706. The molecule has 0 aromatic carbocycles. The Morgan fingerprint density at radius 2 is 2.05 bits per heavy atom. The Morgan fingerprint density at radius 1 is 1.43 bits per heavy atom. The van der Waals surface area contributed by atoms with Gasteiger partial charge in [-0.15, -0.1) is 0 Å². The van der Waals surface area contributed by atoms with Crippen molar-refractivity contribution in [1.82, 2.24) is 9.97 Å². The molecule has 0 radical (unpaired) electrons. The highest BCUT2D eigenvalue weighted by Crippen LogP contribution is 2.30. The molecule has 2 rings (SSSR count). The van der Waals surface area contributed by atoms with Crippen molar-refractivity contribution in [3.63, 3.8) is 0 Å². The van der Waals surface area contributed by atoms with Gasteiger partial charge in [0.2, 0.25) is 0 Å². The maximum absolute atomic E-state index is 12.4. The van der Waals surface area contributed by atoms with Crippen molar-refractivity contribution < 1.29 is 9.53 Å². The first kappa shape index (κ1) is 16.0. The Morgan fingerprint density at radius 3 is 2.62 bits per heavy atom. The molecule has 0 unspecified atom stereocenters. The molecule has 0 saturated heterocycles. The number of nitrogens with zero attached hydrogens (tertiary/aromatic N) is 1. The molecule has 0 fully saturated rings. The standard InChI is InChI=1S/C14H14BrClN2O3/c1-6-8(13(20)21-14(2,3)4)7-5-17-11(16)10(15)9(7)12(19)18-6/h5H,1-4H3,(H,18,19). The van der Waals surface area contributed by atoms with Gasteiger partial charge in [-0.2, -0.15) is 0 Å². The Bertz CT molecular complexity index is 793. The van der Waals surface area contributed by atoms with Gasteiger partial charge in [0, 0.05) is 17.3 Å². The number of nitrogens with one attached hydrogen (secondary N) is 1. The molecule has 1 N–H and O–H groups in total. The van der Waals surface area contributed by atoms with Crippen LogP contribution in [-0.4, -0.2) is 21.5 Å². The van der Waals surface area contributed by atoms with Crippen LogP contribution in [0.5, 0.6) is 0 Å². The number of ether oxygens (including phenoxy) is 1. The number of esters is 1. The molecule has 0 aliphatic carbocycles. The number of H-pyrrole nitrogens is 1. The largest absolute Gasteiger partial charge is 0.456 e. The fraction of sp³-hybridized carbons (Fsp3) is 0.357. The summed E-state index contributed by atoms with van der Waals surface area (Å²) in [6.07, 6.45) is 1.41. The number of hydrogen-bond acceptors (Lipinski definition) is 4. The monoisotopic (exact) mass is 372 g/mol. The summed E-state index contributed by atoms with van der Waals surface area (Å²) in [5.41, 5.74) is -0.267. The van der Waals surface area contributed by atoms with Gasteiger partial charge in [0.05, 0.1) is 15.4 Å². The minimum absolute atomic E-state index is 0.159. The van der Waals surface area contributed by atoms with E-state index in [0.717, 1.165) is 0 Å². The number of rotatable bonds is 1. The number of halogens is 2. The molecule has 0 spiro atoms. The second kappa shape index (κ2) is 5.42. The fourth-order valence-corrected chi connectivity index (χ4v) is 2.60. The summed E-state index contributed by atoms with van der Waals surface area (Å²) in [7, 11) is 0. The van der Waals surface area contributed by atoms with Crippen molar-refractivity contribution in [1.29, 1.82) is 0 Å². The summed E-state index contributed by atoms with van der Waals surface area (Å²) in [6, 6.07) is 0. The van der Waals surface area contributed by atoms with Crippen LogP contribution in [0.1, 0.15) is 36.8 Å². The molecule has 0 aliphatic heterocycles. The Hall–Kier alpha value is -1.40. The van der Waals surface area contributed by atoms with Crippen molar-refractivity contribution >= 4 is 44.3 Å². The number of carbonyl (C=O) groups excluding carboxylic acids is 1. The summed E-state index contributed by atoms with van der Waals surface area (Å²) in [5.74, 6) is -0.516. The average molecular weight is 374 g/mol.